The maximum Gasteiger partial charge on any atom is 0.340 e. The molecule has 1 saturated heterocycles. The lowest BCUT2D eigenvalue weighted by Crippen LogP contribution is -2.33. The van der Waals surface area contributed by atoms with Crippen molar-refractivity contribution in [3.05, 3.63) is 72.3 Å². The molecule has 32 heavy (non-hydrogen) atoms. The fourth-order valence-corrected chi connectivity index (χ4v) is 3.26. The molecule has 0 unspecified atom stereocenters. The Morgan fingerprint density at radius 2 is 1.84 bits per heavy atom. The van der Waals surface area contributed by atoms with Crippen LogP contribution in [0, 0.1) is 5.82 Å². The number of halogens is 5. The molecular weight excluding hydrogens is 435 g/mol. The number of imidazole rings is 1. The van der Waals surface area contributed by atoms with Crippen LogP contribution >= 0.6 is 0 Å². The molecule has 1 aliphatic heterocycles. The van der Waals surface area contributed by atoms with Crippen LogP contribution in [0.4, 0.5) is 22.0 Å². The summed E-state index contributed by atoms with van der Waals surface area (Å²) in [5.74, 6) is -4.62. The van der Waals surface area contributed by atoms with Crippen molar-refractivity contribution in [3.63, 3.8) is 0 Å². The largest absolute Gasteiger partial charge is 0.487 e. The van der Waals surface area contributed by atoms with Crippen molar-refractivity contribution in [2.24, 2.45) is 0 Å². The summed E-state index contributed by atoms with van der Waals surface area (Å²) in [6, 6.07) is 12.3. The van der Waals surface area contributed by atoms with Gasteiger partial charge in [-0.3, -0.25) is 4.57 Å². The molecule has 10 heteroatoms. The second-order valence-corrected chi connectivity index (χ2v) is 7.34. The van der Waals surface area contributed by atoms with Crippen LogP contribution in [0.5, 0.6) is 11.8 Å². The van der Waals surface area contributed by atoms with E-state index in [1.165, 1.54) is 36.5 Å². The third kappa shape index (κ3) is 4.27. The van der Waals surface area contributed by atoms with Crippen molar-refractivity contribution in [2.75, 3.05) is 13.2 Å². The van der Waals surface area contributed by atoms with Crippen molar-refractivity contribution in [1.82, 2.24) is 9.55 Å². The highest BCUT2D eigenvalue weighted by Crippen LogP contribution is 2.44. The smallest absolute Gasteiger partial charge is 0.340 e. The highest BCUT2D eigenvalue weighted by Gasteiger charge is 2.54. The first kappa shape index (κ1) is 22.1. The zero-order valence-corrected chi connectivity index (χ0v) is 16.9. The van der Waals surface area contributed by atoms with Crippen LogP contribution < -0.4 is 9.47 Å². The van der Waals surface area contributed by atoms with Crippen LogP contribution in [0.25, 0.3) is 5.69 Å². The average molecular weight is 454 g/mol. The maximum atomic E-state index is 14.3. The summed E-state index contributed by atoms with van der Waals surface area (Å²) in [4.78, 5) is 4.18. The summed E-state index contributed by atoms with van der Waals surface area (Å²) in [7, 11) is 0. The molecule has 2 aromatic carbocycles. The van der Waals surface area contributed by atoms with Gasteiger partial charge in [0, 0.05) is 18.0 Å². The van der Waals surface area contributed by atoms with Gasteiger partial charge in [0.1, 0.15) is 17.7 Å². The van der Waals surface area contributed by atoms with E-state index < -0.39 is 36.5 Å². The molecule has 2 atom stereocenters. The second kappa shape index (κ2) is 8.42. The van der Waals surface area contributed by atoms with Crippen LogP contribution in [-0.2, 0) is 10.3 Å². The minimum atomic E-state index is -4.24. The van der Waals surface area contributed by atoms with E-state index in [2.05, 4.69) is 4.98 Å². The fourth-order valence-electron chi connectivity index (χ4n) is 3.26. The molecule has 0 aliphatic carbocycles. The number of hydrogen-bond donors (Lipinski definition) is 0. The minimum Gasteiger partial charge on any atom is -0.487 e. The summed E-state index contributed by atoms with van der Waals surface area (Å²) in [6.07, 6.45) is -1.26. The van der Waals surface area contributed by atoms with Crippen LogP contribution in [0.2, 0.25) is 0 Å². The molecule has 2 heterocycles. The fraction of sp³-hybridized carbons (Fsp3) is 0.318. The Kier molecular flexibility index (Phi) is 5.81. The van der Waals surface area contributed by atoms with E-state index in [4.69, 9.17) is 14.2 Å². The van der Waals surface area contributed by atoms with E-state index >= 15 is 0 Å². The van der Waals surface area contributed by atoms with Gasteiger partial charge in [0.15, 0.2) is 12.2 Å². The molecule has 3 aromatic rings. The molecule has 0 N–H and O–H groups in total. The summed E-state index contributed by atoms with van der Waals surface area (Å²) < 4.78 is 82.7. The number of ether oxygens (including phenoxy) is 3. The Morgan fingerprint density at radius 1 is 1.16 bits per heavy atom. The Hall–Kier alpha value is -3.14. The molecule has 0 amide bonds. The van der Waals surface area contributed by atoms with Crippen molar-refractivity contribution in [2.45, 2.75) is 31.0 Å². The van der Waals surface area contributed by atoms with Gasteiger partial charge in [-0.05, 0) is 37.3 Å². The average Bonchev–Trinajstić information content (AvgIpc) is 3.45. The van der Waals surface area contributed by atoms with E-state index in [9.17, 15) is 22.0 Å². The summed E-state index contributed by atoms with van der Waals surface area (Å²) in [5, 5.41) is 0. The van der Waals surface area contributed by atoms with Gasteiger partial charge in [-0.1, -0.05) is 18.2 Å². The lowest BCUT2D eigenvalue weighted by atomic mass is 9.94. The monoisotopic (exact) mass is 454 g/mol. The van der Waals surface area contributed by atoms with E-state index in [0.717, 1.165) is 0 Å². The molecule has 0 bridgehead atoms. The number of hydrogen-bond acceptors (Lipinski definition) is 4. The lowest BCUT2D eigenvalue weighted by Gasteiger charge is -2.22. The summed E-state index contributed by atoms with van der Waals surface area (Å²) in [5.41, 5.74) is 0.0393. The molecule has 0 radical (unpaired) electrons. The molecule has 1 aliphatic rings. The quantitative estimate of drug-likeness (QED) is 0.338. The Labute approximate surface area is 180 Å². The zero-order valence-electron chi connectivity index (χ0n) is 16.9. The Balaban J connectivity index is 1.47. The van der Waals surface area contributed by atoms with Gasteiger partial charge in [0.05, 0.1) is 12.3 Å². The van der Waals surface area contributed by atoms with Crippen LogP contribution in [0.3, 0.4) is 0 Å². The van der Waals surface area contributed by atoms with Crippen molar-refractivity contribution in [1.29, 1.82) is 0 Å². The molecule has 1 aromatic heterocycles. The van der Waals surface area contributed by atoms with Crippen LogP contribution in [0.15, 0.2) is 60.9 Å². The van der Waals surface area contributed by atoms with Crippen molar-refractivity contribution < 1.29 is 36.2 Å². The number of alkyl halides is 4. The molecule has 5 nitrogen and oxygen atoms in total. The standard InChI is InChI=1S/C22H19F5N2O3/c1-14(21(12-31-21)17-4-2-3-5-18(17)23)32-20-28-10-11-29(20)15-6-8-16(9-7-15)30-13-22(26,27)19(24)25/h2-11,14,19H,12-13H2,1H3/t14-,21+/m1/s1. The SMILES string of the molecule is C[C@@H](Oc1nccn1-c1ccc(OCC(F)(F)C(F)F)cc1)[C@]1(c2ccccc2F)CO1. The Bertz CT molecular complexity index is 1070. The summed E-state index contributed by atoms with van der Waals surface area (Å²) in [6.45, 7) is 0.614. The van der Waals surface area contributed by atoms with E-state index in [1.54, 1.807) is 35.9 Å². The van der Waals surface area contributed by atoms with Gasteiger partial charge < -0.3 is 14.2 Å². The molecule has 4 rings (SSSR count). The molecule has 170 valence electrons. The molecule has 1 fully saturated rings. The van der Waals surface area contributed by atoms with Gasteiger partial charge in [0.25, 0.3) is 0 Å². The lowest BCUT2D eigenvalue weighted by molar-refractivity contribution is -0.148. The normalized spacial score (nSPS) is 19.1. The first-order valence-corrected chi connectivity index (χ1v) is 9.71. The third-order valence-electron chi connectivity index (χ3n) is 5.20. The topological polar surface area (TPSA) is 48.8 Å². The number of aromatic nitrogens is 2. The van der Waals surface area contributed by atoms with Gasteiger partial charge >= 0.3 is 18.4 Å². The highest BCUT2D eigenvalue weighted by atomic mass is 19.3. The first-order chi connectivity index (χ1) is 15.2. The predicted octanol–water partition coefficient (Wildman–Crippen LogP) is 4.98. The number of nitrogens with zero attached hydrogens (tertiary/aromatic N) is 2. The number of benzene rings is 2. The van der Waals surface area contributed by atoms with Crippen LogP contribution in [0.1, 0.15) is 12.5 Å². The highest BCUT2D eigenvalue weighted by molar-refractivity contribution is 5.39. The predicted molar refractivity (Wildman–Crippen MR) is 104 cm³/mol. The number of rotatable bonds is 9. The third-order valence-corrected chi connectivity index (χ3v) is 5.20. The maximum absolute atomic E-state index is 14.3. The first-order valence-electron chi connectivity index (χ1n) is 9.71. The number of epoxide rings is 1. The minimum absolute atomic E-state index is 0.00918. The van der Waals surface area contributed by atoms with Crippen LogP contribution in [-0.4, -0.2) is 41.2 Å². The van der Waals surface area contributed by atoms with Gasteiger partial charge in [-0.2, -0.15) is 8.78 Å². The van der Waals surface area contributed by atoms with E-state index in [1.807, 2.05) is 0 Å². The van der Waals surface area contributed by atoms with Gasteiger partial charge in [0.2, 0.25) is 0 Å². The second-order valence-electron chi connectivity index (χ2n) is 7.34. The molecular formula is C22H19F5N2O3. The molecule has 0 spiro atoms. The zero-order chi connectivity index (χ0) is 22.9. The van der Waals surface area contributed by atoms with E-state index in [-0.39, 0.29) is 11.8 Å². The summed E-state index contributed by atoms with van der Waals surface area (Å²) >= 11 is 0. The Morgan fingerprint density at radius 3 is 2.47 bits per heavy atom. The van der Waals surface area contributed by atoms with Crippen molar-refractivity contribution >= 4 is 0 Å². The van der Waals surface area contributed by atoms with Crippen molar-refractivity contribution in [3.8, 4) is 17.4 Å². The van der Waals surface area contributed by atoms with E-state index in [0.29, 0.717) is 17.9 Å². The van der Waals surface area contributed by atoms with Gasteiger partial charge in [-0.25, -0.2) is 18.2 Å². The molecule has 0 saturated carbocycles. The van der Waals surface area contributed by atoms with Gasteiger partial charge in [-0.15, -0.1) is 0 Å².